The number of nitrogens with two attached hydrogens (primary N) is 1. The van der Waals surface area contributed by atoms with Crippen LogP contribution >= 0.6 is 11.3 Å². The molecule has 14 heavy (non-hydrogen) atoms. The summed E-state index contributed by atoms with van der Waals surface area (Å²) in [6, 6.07) is 1.83. The summed E-state index contributed by atoms with van der Waals surface area (Å²) in [4.78, 5) is 12.0. The molecule has 0 aliphatic heterocycles. The van der Waals surface area contributed by atoms with Crippen LogP contribution in [0.15, 0.2) is 24.0 Å². The van der Waals surface area contributed by atoms with Crippen molar-refractivity contribution in [3.05, 3.63) is 35.4 Å². The van der Waals surface area contributed by atoms with Crippen LogP contribution in [0.5, 0.6) is 0 Å². The second-order valence-corrected chi connectivity index (χ2v) is 3.47. The summed E-state index contributed by atoms with van der Waals surface area (Å²) in [6.07, 6.45) is 6.95. The van der Waals surface area contributed by atoms with E-state index in [0.717, 1.165) is 11.4 Å². The van der Waals surface area contributed by atoms with Crippen molar-refractivity contribution in [1.82, 2.24) is 15.0 Å². The predicted molar refractivity (Wildman–Crippen MR) is 57.5 cm³/mol. The summed E-state index contributed by atoms with van der Waals surface area (Å²) in [6.45, 7) is 0. The van der Waals surface area contributed by atoms with Crippen LogP contribution in [0.3, 0.4) is 0 Å². The highest BCUT2D eigenvalue weighted by Gasteiger charge is 1.93. The fraction of sp³-hybridized carbons (Fsp3) is 0. The van der Waals surface area contributed by atoms with Crippen molar-refractivity contribution in [2.24, 2.45) is 0 Å². The van der Waals surface area contributed by atoms with Crippen LogP contribution in [0.25, 0.3) is 12.2 Å². The van der Waals surface area contributed by atoms with Gasteiger partial charge in [-0.05, 0) is 18.2 Å². The van der Waals surface area contributed by atoms with E-state index in [-0.39, 0.29) is 0 Å². The molecule has 2 aromatic rings. The molecule has 5 heteroatoms. The van der Waals surface area contributed by atoms with Gasteiger partial charge in [-0.1, -0.05) is 0 Å². The van der Waals surface area contributed by atoms with E-state index in [0.29, 0.717) is 5.13 Å². The molecule has 0 radical (unpaired) electrons. The number of hydrogen-bond donors (Lipinski definition) is 1. The van der Waals surface area contributed by atoms with Crippen molar-refractivity contribution in [2.75, 3.05) is 5.73 Å². The lowest BCUT2D eigenvalue weighted by Gasteiger charge is -1.88. The van der Waals surface area contributed by atoms with Crippen LogP contribution in [0, 0.1) is 0 Å². The number of nitrogen functional groups attached to an aromatic ring is 1. The standard InChI is InChI=1S/C9H8N4S/c10-9-13-8(5-14-9)2-1-7-3-4-11-6-12-7/h1-6H,(H2,10,13). The van der Waals surface area contributed by atoms with E-state index >= 15 is 0 Å². The summed E-state index contributed by atoms with van der Waals surface area (Å²) >= 11 is 1.42. The summed E-state index contributed by atoms with van der Waals surface area (Å²) < 4.78 is 0. The maximum Gasteiger partial charge on any atom is 0.180 e. The number of nitrogens with zero attached hydrogens (tertiary/aromatic N) is 3. The average Bonchev–Trinajstić information content (AvgIpc) is 2.63. The molecule has 0 amide bonds. The smallest absolute Gasteiger partial charge is 0.180 e. The molecule has 0 saturated heterocycles. The lowest BCUT2D eigenvalue weighted by atomic mass is 10.3. The molecule has 2 aromatic heterocycles. The molecule has 0 atom stereocenters. The minimum Gasteiger partial charge on any atom is -0.375 e. The van der Waals surface area contributed by atoms with Crippen LogP contribution in [-0.2, 0) is 0 Å². The Morgan fingerprint density at radius 1 is 1.29 bits per heavy atom. The number of rotatable bonds is 2. The Hall–Kier alpha value is -1.75. The van der Waals surface area contributed by atoms with E-state index in [1.54, 1.807) is 6.20 Å². The summed E-state index contributed by atoms with van der Waals surface area (Å²) in [5.41, 5.74) is 7.20. The zero-order valence-electron chi connectivity index (χ0n) is 7.29. The van der Waals surface area contributed by atoms with Crippen molar-refractivity contribution in [1.29, 1.82) is 0 Å². The number of hydrogen-bond acceptors (Lipinski definition) is 5. The highest BCUT2D eigenvalue weighted by Crippen LogP contribution is 2.13. The monoisotopic (exact) mass is 204 g/mol. The van der Waals surface area contributed by atoms with Gasteiger partial charge in [0.15, 0.2) is 5.13 Å². The van der Waals surface area contributed by atoms with Crippen molar-refractivity contribution in [3.8, 4) is 0 Å². The van der Waals surface area contributed by atoms with E-state index in [9.17, 15) is 0 Å². The molecule has 0 saturated carbocycles. The van der Waals surface area contributed by atoms with Crippen molar-refractivity contribution < 1.29 is 0 Å². The van der Waals surface area contributed by atoms with Crippen LogP contribution in [-0.4, -0.2) is 15.0 Å². The topological polar surface area (TPSA) is 64.7 Å². The van der Waals surface area contributed by atoms with Crippen molar-refractivity contribution >= 4 is 28.6 Å². The Bertz CT molecular complexity index is 435. The van der Waals surface area contributed by atoms with Gasteiger partial charge in [0, 0.05) is 11.6 Å². The molecule has 0 aliphatic rings. The largest absolute Gasteiger partial charge is 0.375 e. The van der Waals surface area contributed by atoms with Gasteiger partial charge in [-0.15, -0.1) is 11.3 Å². The van der Waals surface area contributed by atoms with Crippen LogP contribution in [0.2, 0.25) is 0 Å². The second-order valence-electron chi connectivity index (χ2n) is 2.58. The summed E-state index contributed by atoms with van der Waals surface area (Å²) in [5, 5.41) is 2.47. The first-order valence-electron chi connectivity index (χ1n) is 4.00. The maximum atomic E-state index is 5.50. The quantitative estimate of drug-likeness (QED) is 0.808. The Morgan fingerprint density at radius 3 is 2.79 bits per heavy atom. The lowest BCUT2D eigenvalue weighted by Crippen LogP contribution is -1.82. The Morgan fingerprint density at radius 2 is 2.14 bits per heavy atom. The number of thiazole rings is 1. The van der Waals surface area contributed by atoms with Gasteiger partial charge in [0.2, 0.25) is 0 Å². The molecule has 4 nitrogen and oxygen atoms in total. The molecule has 2 N–H and O–H groups in total. The van der Waals surface area contributed by atoms with Gasteiger partial charge < -0.3 is 5.73 Å². The van der Waals surface area contributed by atoms with Gasteiger partial charge in [0.1, 0.15) is 6.33 Å². The fourth-order valence-corrected chi connectivity index (χ4v) is 1.48. The van der Waals surface area contributed by atoms with Gasteiger partial charge in [-0.2, -0.15) is 0 Å². The normalized spacial score (nSPS) is 10.9. The van der Waals surface area contributed by atoms with E-state index in [4.69, 9.17) is 5.73 Å². The third-order valence-corrected chi connectivity index (χ3v) is 2.26. The van der Waals surface area contributed by atoms with Gasteiger partial charge in [0.05, 0.1) is 11.4 Å². The third kappa shape index (κ3) is 2.14. The maximum absolute atomic E-state index is 5.50. The molecular formula is C9H8N4S. The molecule has 0 aliphatic carbocycles. The van der Waals surface area contributed by atoms with Gasteiger partial charge in [-0.3, -0.25) is 0 Å². The van der Waals surface area contributed by atoms with Crippen molar-refractivity contribution in [3.63, 3.8) is 0 Å². The minimum atomic E-state index is 0.576. The number of anilines is 1. The third-order valence-electron chi connectivity index (χ3n) is 1.57. The van der Waals surface area contributed by atoms with Gasteiger partial charge >= 0.3 is 0 Å². The SMILES string of the molecule is Nc1nc(C=Cc2ccncn2)cs1. The predicted octanol–water partition coefficient (Wildman–Crippen LogP) is 1.69. The highest BCUT2D eigenvalue weighted by molar-refractivity contribution is 7.13. The lowest BCUT2D eigenvalue weighted by molar-refractivity contribution is 1.15. The molecule has 2 heterocycles. The van der Waals surface area contributed by atoms with E-state index in [1.807, 2.05) is 23.6 Å². The zero-order chi connectivity index (χ0) is 9.80. The van der Waals surface area contributed by atoms with E-state index in [2.05, 4.69) is 15.0 Å². The Labute approximate surface area is 85.2 Å². The Balaban J connectivity index is 2.15. The van der Waals surface area contributed by atoms with Crippen LogP contribution in [0.4, 0.5) is 5.13 Å². The first-order chi connectivity index (χ1) is 6.84. The summed E-state index contributed by atoms with van der Waals surface area (Å²) in [5.74, 6) is 0. The summed E-state index contributed by atoms with van der Waals surface area (Å²) in [7, 11) is 0. The molecule has 0 fully saturated rings. The Kier molecular flexibility index (Phi) is 2.51. The zero-order valence-corrected chi connectivity index (χ0v) is 8.11. The first-order valence-corrected chi connectivity index (χ1v) is 4.87. The fourth-order valence-electron chi connectivity index (χ4n) is 0.948. The molecule has 2 rings (SSSR count). The second kappa shape index (κ2) is 3.97. The van der Waals surface area contributed by atoms with Gasteiger partial charge in [-0.25, -0.2) is 15.0 Å². The van der Waals surface area contributed by atoms with Crippen molar-refractivity contribution in [2.45, 2.75) is 0 Å². The molecular weight excluding hydrogens is 196 g/mol. The first kappa shape index (κ1) is 8.83. The molecule has 0 spiro atoms. The van der Waals surface area contributed by atoms with Gasteiger partial charge in [0.25, 0.3) is 0 Å². The van der Waals surface area contributed by atoms with E-state index < -0.39 is 0 Å². The number of aromatic nitrogens is 3. The average molecular weight is 204 g/mol. The van der Waals surface area contributed by atoms with E-state index in [1.165, 1.54) is 17.7 Å². The minimum absolute atomic E-state index is 0.576. The highest BCUT2D eigenvalue weighted by atomic mass is 32.1. The molecule has 0 bridgehead atoms. The van der Waals surface area contributed by atoms with Crippen LogP contribution in [0.1, 0.15) is 11.4 Å². The molecule has 70 valence electrons. The molecule has 0 unspecified atom stereocenters. The molecule has 0 aromatic carbocycles. The van der Waals surface area contributed by atoms with Crippen LogP contribution < -0.4 is 5.73 Å².